The van der Waals surface area contributed by atoms with E-state index in [-0.39, 0.29) is 16.4 Å². The summed E-state index contributed by atoms with van der Waals surface area (Å²) >= 11 is 7.60. The van der Waals surface area contributed by atoms with Crippen LogP contribution in [0.5, 0.6) is 0 Å². The molecule has 0 fully saturated rings. The fourth-order valence-corrected chi connectivity index (χ4v) is 4.62. The van der Waals surface area contributed by atoms with Gasteiger partial charge in [-0.2, -0.15) is 18.3 Å². The van der Waals surface area contributed by atoms with E-state index in [0.717, 1.165) is 34.0 Å². The highest BCUT2D eigenvalue weighted by Gasteiger charge is 2.39. The van der Waals surface area contributed by atoms with E-state index in [0.29, 0.717) is 5.56 Å². The summed E-state index contributed by atoms with van der Waals surface area (Å²) < 4.78 is 65.0. The Morgan fingerprint density at radius 3 is 2.41 bits per heavy atom. The highest BCUT2D eigenvalue weighted by molar-refractivity contribution is 7.90. The molecule has 0 unspecified atom stereocenters. The van der Waals surface area contributed by atoms with E-state index < -0.39 is 26.7 Å². The van der Waals surface area contributed by atoms with Crippen LogP contribution in [0.25, 0.3) is 28.2 Å². The largest absolute Gasteiger partial charge is 0.436 e. The van der Waals surface area contributed by atoms with Crippen LogP contribution in [0.1, 0.15) is 11.3 Å². The second-order valence-electron chi connectivity index (χ2n) is 6.95. The molecule has 3 aromatic heterocycles. The van der Waals surface area contributed by atoms with Crippen molar-refractivity contribution in [1.82, 2.24) is 19.7 Å². The van der Waals surface area contributed by atoms with Gasteiger partial charge in [-0.1, -0.05) is 23.7 Å². The van der Waals surface area contributed by atoms with Gasteiger partial charge in [0.2, 0.25) is 0 Å². The second kappa shape index (κ2) is 7.98. The van der Waals surface area contributed by atoms with Gasteiger partial charge in [0, 0.05) is 22.8 Å². The number of aryl methyl sites for hydroxylation is 1. The van der Waals surface area contributed by atoms with E-state index in [1.165, 1.54) is 23.5 Å². The molecule has 6 nitrogen and oxygen atoms in total. The minimum absolute atomic E-state index is 0.0147. The van der Waals surface area contributed by atoms with E-state index in [9.17, 15) is 21.6 Å². The van der Waals surface area contributed by atoms with Crippen LogP contribution in [0.15, 0.2) is 52.4 Å². The highest BCUT2D eigenvalue weighted by Crippen LogP contribution is 2.41. The smallest absolute Gasteiger partial charge is 0.245 e. The topological polar surface area (TPSA) is 77.7 Å². The van der Waals surface area contributed by atoms with Crippen molar-refractivity contribution < 1.29 is 21.6 Å². The van der Waals surface area contributed by atoms with Crippen LogP contribution in [0.2, 0.25) is 5.02 Å². The van der Waals surface area contributed by atoms with Crippen LogP contribution in [-0.2, 0) is 16.0 Å². The van der Waals surface area contributed by atoms with E-state index in [2.05, 4.69) is 15.1 Å². The van der Waals surface area contributed by atoms with Crippen molar-refractivity contribution in [3.05, 3.63) is 63.7 Å². The molecule has 12 heteroatoms. The van der Waals surface area contributed by atoms with Crippen LogP contribution < -0.4 is 0 Å². The van der Waals surface area contributed by atoms with Gasteiger partial charge in [-0.25, -0.2) is 23.1 Å². The van der Waals surface area contributed by atoms with E-state index >= 15 is 0 Å². The molecule has 0 bridgehead atoms. The van der Waals surface area contributed by atoms with Gasteiger partial charge in [0.1, 0.15) is 0 Å². The highest BCUT2D eigenvalue weighted by atomic mass is 35.5. The average Bonchev–Trinajstić information content (AvgIpc) is 3.35. The van der Waals surface area contributed by atoms with E-state index in [4.69, 9.17) is 11.6 Å². The van der Waals surface area contributed by atoms with Crippen LogP contribution >= 0.6 is 22.9 Å². The first-order valence-corrected chi connectivity index (χ1v) is 12.2. The van der Waals surface area contributed by atoms with Gasteiger partial charge in [-0.05, 0) is 30.7 Å². The van der Waals surface area contributed by atoms with Gasteiger partial charge in [-0.3, -0.25) is 0 Å². The molecule has 0 atom stereocenters. The molecule has 0 saturated carbocycles. The first-order chi connectivity index (χ1) is 15.0. The zero-order valence-corrected chi connectivity index (χ0v) is 18.9. The molecule has 0 N–H and O–H groups in total. The Labute approximate surface area is 190 Å². The monoisotopic (exact) mass is 498 g/mol. The Balaban J connectivity index is 1.90. The lowest BCUT2D eigenvalue weighted by molar-refractivity contribution is -0.141. The molecule has 0 spiro atoms. The molecule has 32 heavy (non-hydrogen) atoms. The number of rotatable bonds is 4. The number of benzene rings is 1. The van der Waals surface area contributed by atoms with Crippen molar-refractivity contribution in [2.24, 2.45) is 0 Å². The summed E-state index contributed by atoms with van der Waals surface area (Å²) in [6.45, 7) is 1.82. The standard InChI is InChI=1S/C20H14ClF3N4O2S2/c1-11-7-12(3-5-14(11)15-9-31-10-26-15)18-17(21)19(20(22,23)24)27-28(18)13-4-6-16(25-8-13)32(2,29)30/h3-10H,1-2H3. The molecule has 4 rings (SSSR count). The summed E-state index contributed by atoms with van der Waals surface area (Å²) in [7, 11) is -3.57. The summed E-state index contributed by atoms with van der Waals surface area (Å²) in [5.41, 5.74) is 3.38. The lowest BCUT2D eigenvalue weighted by Gasteiger charge is -2.11. The minimum atomic E-state index is -4.78. The number of pyridine rings is 1. The number of hydrogen-bond donors (Lipinski definition) is 0. The van der Waals surface area contributed by atoms with Crippen molar-refractivity contribution in [3.63, 3.8) is 0 Å². The van der Waals surface area contributed by atoms with Gasteiger partial charge < -0.3 is 0 Å². The molecular formula is C20H14ClF3N4O2S2. The van der Waals surface area contributed by atoms with Crippen LogP contribution in [0.4, 0.5) is 13.2 Å². The predicted molar refractivity (Wildman–Crippen MR) is 116 cm³/mol. The SMILES string of the molecule is Cc1cc(-c2c(Cl)c(C(F)(F)F)nn2-c2ccc(S(C)(=O)=O)nc2)ccc1-c1cscn1. The molecule has 166 valence electrons. The molecule has 1 aromatic carbocycles. The number of nitrogens with zero attached hydrogens (tertiary/aromatic N) is 4. The first kappa shape index (κ1) is 22.4. The van der Waals surface area contributed by atoms with Gasteiger partial charge >= 0.3 is 6.18 Å². The van der Waals surface area contributed by atoms with E-state index in [1.54, 1.807) is 23.7 Å². The molecule has 0 radical (unpaired) electrons. The zero-order valence-electron chi connectivity index (χ0n) is 16.6. The van der Waals surface area contributed by atoms with Crippen molar-refractivity contribution >= 4 is 32.8 Å². The quantitative estimate of drug-likeness (QED) is 0.374. The normalized spacial score (nSPS) is 12.3. The second-order valence-corrected chi connectivity index (χ2v) is 10.0. The van der Waals surface area contributed by atoms with Crippen molar-refractivity contribution in [2.75, 3.05) is 6.26 Å². The number of aromatic nitrogens is 4. The summed E-state index contributed by atoms with van der Waals surface area (Å²) in [4.78, 5) is 8.11. The lowest BCUT2D eigenvalue weighted by atomic mass is 10.0. The Hall–Kier alpha value is -2.76. The summed E-state index contributed by atoms with van der Waals surface area (Å²) in [5, 5.41) is 4.78. The summed E-state index contributed by atoms with van der Waals surface area (Å²) in [6, 6.07) is 7.62. The Morgan fingerprint density at radius 2 is 1.88 bits per heavy atom. The molecule has 3 heterocycles. The molecule has 0 aliphatic rings. The van der Waals surface area contributed by atoms with Gasteiger partial charge in [0.05, 0.1) is 33.8 Å². The summed E-state index contributed by atoms with van der Waals surface area (Å²) in [5.74, 6) is 0. The number of halogens is 4. The maximum Gasteiger partial charge on any atom is 0.436 e. The van der Waals surface area contributed by atoms with Crippen LogP contribution in [0.3, 0.4) is 0 Å². The Bertz CT molecular complexity index is 1400. The number of hydrogen-bond acceptors (Lipinski definition) is 6. The molecule has 0 saturated heterocycles. The van der Waals surface area contributed by atoms with E-state index in [1.807, 2.05) is 12.3 Å². The fraction of sp³-hybridized carbons (Fsp3) is 0.150. The van der Waals surface area contributed by atoms with Crippen LogP contribution in [0, 0.1) is 6.92 Å². The molecule has 0 amide bonds. The van der Waals surface area contributed by atoms with Gasteiger partial charge in [0.25, 0.3) is 0 Å². The Morgan fingerprint density at radius 1 is 1.12 bits per heavy atom. The molecular weight excluding hydrogens is 485 g/mol. The lowest BCUT2D eigenvalue weighted by Crippen LogP contribution is -2.08. The third kappa shape index (κ3) is 4.15. The van der Waals surface area contributed by atoms with Crippen molar-refractivity contribution in [1.29, 1.82) is 0 Å². The fourth-order valence-electron chi connectivity index (χ4n) is 3.18. The van der Waals surface area contributed by atoms with Crippen molar-refractivity contribution in [2.45, 2.75) is 18.1 Å². The van der Waals surface area contributed by atoms with Gasteiger partial charge in [0.15, 0.2) is 20.6 Å². The molecule has 4 aromatic rings. The molecule has 0 aliphatic carbocycles. The van der Waals surface area contributed by atoms with Crippen molar-refractivity contribution in [3.8, 4) is 28.2 Å². The minimum Gasteiger partial charge on any atom is -0.245 e. The third-order valence-corrected chi connectivity index (χ3v) is 6.60. The Kier molecular flexibility index (Phi) is 5.60. The third-order valence-electron chi connectivity index (χ3n) is 4.65. The number of thiazole rings is 1. The first-order valence-electron chi connectivity index (χ1n) is 8.98. The summed E-state index contributed by atoms with van der Waals surface area (Å²) in [6.07, 6.45) is -2.66. The maximum absolute atomic E-state index is 13.6. The maximum atomic E-state index is 13.6. The predicted octanol–water partition coefficient (Wildman–Crippen LogP) is 5.44. The number of sulfone groups is 1. The molecule has 0 aliphatic heterocycles. The number of alkyl halides is 3. The zero-order chi connectivity index (χ0) is 23.3. The van der Waals surface area contributed by atoms with Crippen LogP contribution in [-0.4, -0.2) is 34.4 Å². The average molecular weight is 499 g/mol. The van der Waals surface area contributed by atoms with Gasteiger partial charge in [-0.15, -0.1) is 11.3 Å².